The van der Waals surface area contributed by atoms with Crippen molar-refractivity contribution in [2.24, 2.45) is 5.41 Å². The van der Waals surface area contributed by atoms with E-state index >= 15 is 0 Å². The summed E-state index contributed by atoms with van der Waals surface area (Å²) in [6, 6.07) is 3.36. The summed E-state index contributed by atoms with van der Waals surface area (Å²) in [6.45, 7) is 3.06. The van der Waals surface area contributed by atoms with Crippen LogP contribution in [0.4, 0.5) is 0 Å². The number of rotatable bonds is 3. The molecule has 106 valence electrons. The van der Waals surface area contributed by atoms with Gasteiger partial charge in [0, 0.05) is 37.5 Å². The van der Waals surface area contributed by atoms with Gasteiger partial charge in [-0.2, -0.15) is 0 Å². The summed E-state index contributed by atoms with van der Waals surface area (Å²) < 4.78 is 5.37. The summed E-state index contributed by atoms with van der Waals surface area (Å²) in [4.78, 5) is 29.4. The first-order valence-corrected chi connectivity index (χ1v) is 6.72. The second-order valence-corrected chi connectivity index (χ2v) is 5.48. The molecule has 2 amide bonds. The van der Waals surface area contributed by atoms with Gasteiger partial charge in [0.05, 0.1) is 18.7 Å². The lowest BCUT2D eigenvalue weighted by atomic mass is 9.79. The van der Waals surface area contributed by atoms with E-state index in [2.05, 4.69) is 10.3 Å². The fourth-order valence-corrected chi connectivity index (χ4v) is 2.71. The van der Waals surface area contributed by atoms with E-state index in [9.17, 15) is 9.59 Å². The highest BCUT2D eigenvalue weighted by Crippen LogP contribution is 2.37. The molecular formula is C14H17N3O3. The van der Waals surface area contributed by atoms with Crippen LogP contribution in [0, 0.1) is 5.41 Å². The molecule has 0 aromatic carbocycles. The first kappa shape index (κ1) is 13.1. The third kappa shape index (κ3) is 2.51. The molecule has 0 atom stereocenters. The largest absolute Gasteiger partial charge is 0.381 e. The van der Waals surface area contributed by atoms with Crippen LogP contribution < -0.4 is 5.32 Å². The Morgan fingerprint density at radius 2 is 2.30 bits per heavy atom. The maximum Gasteiger partial charge on any atom is 0.253 e. The molecule has 0 radical (unpaired) electrons. The average molecular weight is 275 g/mol. The topological polar surface area (TPSA) is 71.5 Å². The Balaban J connectivity index is 1.45. The SMILES string of the molecule is O=C(NCC(=O)N1CC2(CCOC2)C1)c1cccnc1. The maximum atomic E-state index is 12.0. The van der Waals surface area contributed by atoms with Crippen molar-refractivity contribution in [3.63, 3.8) is 0 Å². The minimum absolute atomic E-state index is 0.0324. The third-order valence-corrected chi connectivity index (χ3v) is 3.91. The predicted octanol–water partition coefficient (Wildman–Crippen LogP) is 0.0603. The van der Waals surface area contributed by atoms with E-state index in [1.165, 1.54) is 6.20 Å². The molecule has 0 saturated carbocycles. The lowest BCUT2D eigenvalue weighted by Gasteiger charge is -2.47. The molecule has 6 heteroatoms. The van der Waals surface area contributed by atoms with Crippen LogP contribution in [0.1, 0.15) is 16.8 Å². The molecule has 1 aromatic rings. The van der Waals surface area contributed by atoms with Gasteiger partial charge in [-0.1, -0.05) is 0 Å². The van der Waals surface area contributed by atoms with E-state index in [0.29, 0.717) is 5.56 Å². The number of aromatic nitrogens is 1. The minimum atomic E-state index is -0.272. The zero-order chi connectivity index (χ0) is 14.0. The molecular weight excluding hydrogens is 258 g/mol. The van der Waals surface area contributed by atoms with Crippen LogP contribution in [0.15, 0.2) is 24.5 Å². The molecule has 20 heavy (non-hydrogen) atoms. The summed E-state index contributed by atoms with van der Waals surface area (Å²) in [5.41, 5.74) is 0.646. The number of carbonyl (C=O) groups excluding carboxylic acids is 2. The van der Waals surface area contributed by atoms with Crippen molar-refractivity contribution >= 4 is 11.8 Å². The van der Waals surface area contributed by atoms with Gasteiger partial charge in [0.15, 0.2) is 0 Å². The van der Waals surface area contributed by atoms with Gasteiger partial charge in [-0.3, -0.25) is 14.6 Å². The highest BCUT2D eigenvalue weighted by molar-refractivity contribution is 5.96. The van der Waals surface area contributed by atoms with E-state index < -0.39 is 0 Å². The monoisotopic (exact) mass is 275 g/mol. The molecule has 2 saturated heterocycles. The van der Waals surface area contributed by atoms with E-state index in [-0.39, 0.29) is 23.8 Å². The van der Waals surface area contributed by atoms with Crippen LogP contribution in [0.2, 0.25) is 0 Å². The van der Waals surface area contributed by atoms with Crippen LogP contribution >= 0.6 is 0 Å². The molecule has 1 N–H and O–H groups in total. The zero-order valence-corrected chi connectivity index (χ0v) is 11.2. The van der Waals surface area contributed by atoms with Gasteiger partial charge < -0.3 is 15.0 Å². The quantitative estimate of drug-likeness (QED) is 0.847. The zero-order valence-electron chi connectivity index (χ0n) is 11.2. The van der Waals surface area contributed by atoms with Crippen LogP contribution in [-0.2, 0) is 9.53 Å². The van der Waals surface area contributed by atoms with Crippen molar-refractivity contribution in [3.05, 3.63) is 30.1 Å². The lowest BCUT2D eigenvalue weighted by molar-refractivity contribution is -0.142. The van der Waals surface area contributed by atoms with Gasteiger partial charge in [-0.05, 0) is 18.6 Å². The Kier molecular flexibility index (Phi) is 3.40. The second kappa shape index (κ2) is 5.20. The highest BCUT2D eigenvalue weighted by atomic mass is 16.5. The van der Waals surface area contributed by atoms with Crippen LogP contribution in [-0.4, -0.2) is 54.5 Å². The van der Waals surface area contributed by atoms with Gasteiger partial charge in [0.25, 0.3) is 5.91 Å². The van der Waals surface area contributed by atoms with Gasteiger partial charge in [-0.25, -0.2) is 0 Å². The fraction of sp³-hybridized carbons (Fsp3) is 0.500. The lowest BCUT2D eigenvalue weighted by Crippen LogP contribution is -2.60. The van der Waals surface area contributed by atoms with Crippen molar-refractivity contribution in [2.45, 2.75) is 6.42 Å². The summed E-state index contributed by atoms with van der Waals surface area (Å²) >= 11 is 0. The van der Waals surface area contributed by atoms with Crippen molar-refractivity contribution in [1.29, 1.82) is 0 Å². The molecule has 3 heterocycles. The van der Waals surface area contributed by atoms with Crippen molar-refractivity contribution < 1.29 is 14.3 Å². The van der Waals surface area contributed by atoms with Gasteiger partial charge >= 0.3 is 0 Å². The number of amides is 2. The number of nitrogens with one attached hydrogen (secondary N) is 1. The smallest absolute Gasteiger partial charge is 0.253 e. The third-order valence-electron chi connectivity index (χ3n) is 3.91. The van der Waals surface area contributed by atoms with Crippen molar-refractivity contribution in [3.8, 4) is 0 Å². The Bertz CT molecular complexity index is 504. The first-order valence-electron chi connectivity index (χ1n) is 6.72. The summed E-state index contributed by atoms with van der Waals surface area (Å²) in [7, 11) is 0. The van der Waals surface area contributed by atoms with E-state index in [1.54, 1.807) is 23.2 Å². The molecule has 0 bridgehead atoms. The van der Waals surface area contributed by atoms with Gasteiger partial charge in [-0.15, -0.1) is 0 Å². The number of ether oxygens (including phenoxy) is 1. The minimum Gasteiger partial charge on any atom is -0.381 e. The Hall–Kier alpha value is -1.95. The Morgan fingerprint density at radius 1 is 1.45 bits per heavy atom. The van der Waals surface area contributed by atoms with Crippen molar-refractivity contribution in [2.75, 3.05) is 32.8 Å². The fourth-order valence-electron chi connectivity index (χ4n) is 2.71. The highest BCUT2D eigenvalue weighted by Gasteiger charge is 2.47. The van der Waals surface area contributed by atoms with E-state index in [4.69, 9.17) is 4.74 Å². The van der Waals surface area contributed by atoms with E-state index in [0.717, 1.165) is 32.7 Å². The molecule has 1 spiro atoms. The average Bonchev–Trinajstić information content (AvgIpc) is 2.93. The van der Waals surface area contributed by atoms with Crippen LogP contribution in [0.5, 0.6) is 0 Å². The molecule has 0 unspecified atom stereocenters. The number of hydrogen-bond acceptors (Lipinski definition) is 4. The number of nitrogens with zero attached hydrogens (tertiary/aromatic N) is 2. The van der Waals surface area contributed by atoms with Crippen LogP contribution in [0.25, 0.3) is 0 Å². The number of carbonyl (C=O) groups is 2. The van der Waals surface area contributed by atoms with Gasteiger partial charge in [0.1, 0.15) is 0 Å². The maximum absolute atomic E-state index is 12.0. The summed E-state index contributed by atoms with van der Waals surface area (Å²) in [5, 5.41) is 2.63. The number of likely N-dealkylation sites (tertiary alicyclic amines) is 1. The first-order chi connectivity index (χ1) is 9.69. The van der Waals surface area contributed by atoms with Gasteiger partial charge in [0.2, 0.25) is 5.91 Å². The molecule has 3 rings (SSSR count). The molecule has 2 fully saturated rings. The second-order valence-electron chi connectivity index (χ2n) is 5.48. The summed E-state index contributed by atoms with van der Waals surface area (Å²) in [5.74, 6) is -0.314. The Morgan fingerprint density at radius 3 is 2.95 bits per heavy atom. The molecule has 1 aromatic heterocycles. The molecule has 6 nitrogen and oxygen atoms in total. The predicted molar refractivity (Wildman–Crippen MR) is 71.0 cm³/mol. The normalized spacial score (nSPS) is 19.7. The standard InChI is InChI=1S/C14H17N3O3/c18-12(17-8-14(9-17)3-5-20-10-14)7-16-13(19)11-2-1-4-15-6-11/h1-2,4,6H,3,5,7-10H2,(H,16,19). The molecule has 2 aliphatic rings. The van der Waals surface area contributed by atoms with E-state index in [1.807, 2.05) is 0 Å². The Labute approximate surface area is 117 Å². The summed E-state index contributed by atoms with van der Waals surface area (Å²) in [6.07, 6.45) is 4.11. The molecule has 0 aliphatic carbocycles. The van der Waals surface area contributed by atoms with Crippen LogP contribution in [0.3, 0.4) is 0 Å². The van der Waals surface area contributed by atoms with Crippen molar-refractivity contribution in [1.82, 2.24) is 15.2 Å². The molecule has 2 aliphatic heterocycles. The number of pyridine rings is 1. The number of hydrogen-bond donors (Lipinski definition) is 1.